The summed E-state index contributed by atoms with van der Waals surface area (Å²) < 4.78 is 0. The van der Waals surface area contributed by atoms with E-state index in [4.69, 9.17) is 0 Å². The first-order valence-electron chi connectivity index (χ1n) is 8.13. The molecule has 3 heteroatoms. The third-order valence-electron chi connectivity index (χ3n) is 3.95. The SMILES string of the molecule is CCCNC(CSC1CCCCC1)Cc1ccccn1. The fourth-order valence-corrected chi connectivity index (χ4v) is 4.20. The molecule has 2 rings (SSSR count). The van der Waals surface area contributed by atoms with Crippen LogP contribution in [0.3, 0.4) is 0 Å². The van der Waals surface area contributed by atoms with Crippen molar-refractivity contribution in [1.29, 1.82) is 0 Å². The largest absolute Gasteiger partial charge is 0.313 e. The minimum Gasteiger partial charge on any atom is -0.313 e. The van der Waals surface area contributed by atoms with Crippen molar-refractivity contribution in [1.82, 2.24) is 10.3 Å². The van der Waals surface area contributed by atoms with E-state index in [0.717, 1.165) is 18.2 Å². The van der Waals surface area contributed by atoms with Crippen LogP contribution in [0.25, 0.3) is 0 Å². The monoisotopic (exact) mass is 292 g/mol. The van der Waals surface area contributed by atoms with Gasteiger partial charge in [0.1, 0.15) is 0 Å². The van der Waals surface area contributed by atoms with E-state index in [9.17, 15) is 0 Å². The van der Waals surface area contributed by atoms with Crippen molar-refractivity contribution in [2.45, 2.75) is 63.2 Å². The summed E-state index contributed by atoms with van der Waals surface area (Å²) in [5, 5.41) is 4.60. The van der Waals surface area contributed by atoms with Crippen LogP contribution in [0.2, 0.25) is 0 Å². The smallest absolute Gasteiger partial charge is 0.0419 e. The zero-order valence-electron chi connectivity index (χ0n) is 12.7. The summed E-state index contributed by atoms with van der Waals surface area (Å²) in [6.45, 7) is 3.35. The second-order valence-electron chi connectivity index (χ2n) is 5.77. The van der Waals surface area contributed by atoms with Crippen molar-refractivity contribution in [2.24, 2.45) is 0 Å². The van der Waals surface area contributed by atoms with Crippen molar-refractivity contribution in [3.8, 4) is 0 Å². The quantitative estimate of drug-likeness (QED) is 0.782. The maximum absolute atomic E-state index is 4.47. The predicted molar refractivity (Wildman–Crippen MR) is 89.4 cm³/mol. The summed E-state index contributed by atoms with van der Waals surface area (Å²) >= 11 is 2.18. The molecule has 0 aromatic carbocycles. The molecule has 2 nitrogen and oxygen atoms in total. The molecule has 0 amide bonds. The molecule has 20 heavy (non-hydrogen) atoms. The average molecular weight is 292 g/mol. The van der Waals surface area contributed by atoms with Crippen molar-refractivity contribution >= 4 is 11.8 Å². The summed E-state index contributed by atoms with van der Waals surface area (Å²) in [7, 11) is 0. The lowest BCUT2D eigenvalue weighted by molar-refractivity contribution is 0.511. The highest BCUT2D eigenvalue weighted by Gasteiger charge is 2.17. The van der Waals surface area contributed by atoms with Gasteiger partial charge in [0.2, 0.25) is 0 Å². The fraction of sp³-hybridized carbons (Fsp3) is 0.706. The summed E-state index contributed by atoms with van der Waals surface area (Å²) in [6.07, 6.45) is 11.3. The molecule has 1 saturated carbocycles. The van der Waals surface area contributed by atoms with Gasteiger partial charge in [-0.15, -0.1) is 0 Å². The van der Waals surface area contributed by atoms with Crippen LogP contribution in [0.15, 0.2) is 24.4 Å². The van der Waals surface area contributed by atoms with Crippen LogP contribution < -0.4 is 5.32 Å². The van der Waals surface area contributed by atoms with Crippen LogP contribution in [-0.4, -0.2) is 28.6 Å². The van der Waals surface area contributed by atoms with Gasteiger partial charge >= 0.3 is 0 Å². The Morgan fingerprint density at radius 1 is 1.30 bits per heavy atom. The molecule has 1 heterocycles. The molecule has 1 unspecified atom stereocenters. The van der Waals surface area contributed by atoms with E-state index < -0.39 is 0 Å². The highest BCUT2D eigenvalue weighted by Crippen LogP contribution is 2.28. The van der Waals surface area contributed by atoms with E-state index in [-0.39, 0.29) is 0 Å². The van der Waals surface area contributed by atoms with Crippen LogP contribution in [-0.2, 0) is 6.42 Å². The molecule has 0 spiro atoms. The van der Waals surface area contributed by atoms with Crippen LogP contribution in [0, 0.1) is 0 Å². The molecule has 1 aromatic heterocycles. The Balaban J connectivity index is 1.79. The number of hydrogen-bond donors (Lipinski definition) is 1. The normalized spacial score (nSPS) is 18.1. The molecule has 1 atom stereocenters. The van der Waals surface area contributed by atoms with Gasteiger partial charge in [0, 0.05) is 35.4 Å². The minimum atomic E-state index is 0.566. The van der Waals surface area contributed by atoms with E-state index >= 15 is 0 Å². The summed E-state index contributed by atoms with van der Waals surface area (Å²) in [6, 6.07) is 6.80. The molecular weight excluding hydrogens is 264 g/mol. The van der Waals surface area contributed by atoms with E-state index in [1.165, 1.54) is 50.0 Å². The van der Waals surface area contributed by atoms with Gasteiger partial charge in [-0.05, 0) is 37.9 Å². The summed E-state index contributed by atoms with van der Waals surface area (Å²) in [5.74, 6) is 1.22. The van der Waals surface area contributed by atoms with Crippen molar-refractivity contribution < 1.29 is 0 Å². The zero-order chi connectivity index (χ0) is 14.0. The van der Waals surface area contributed by atoms with Crippen LogP contribution in [0.5, 0.6) is 0 Å². The number of nitrogens with zero attached hydrogens (tertiary/aromatic N) is 1. The summed E-state index contributed by atoms with van der Waals surface area (Å²) in [5.41, 5.74) is 1.21. The van der Waals surface area contributed by atoms with E-state index in [0.29, 0.717) is 6.04 Å². The van der Waals surface area contributed by atoms with Crippen LogP contribution in [0.1, 0.15) is 51.1 Å². The van der Waals surface area contributed by atoms with E-state index in [2.05, 4.69) is 41.1 Å². The molecule has 1 aliphatic rings. The zero-order valence-corrected chi connectivity index (χ0v) is 13.5. The van der Waals surface area contributed by atoms with Gasteiger partial charge in [-0.1, -0.05) is 32.3 Å². The van der Waals surface area contributed by atoms with Gasteiger partial charge in [0.15, 0.2) is 0 Å². The third kappa shape index (κ3) is 5.84. The van der Waals surface area contributed by atoms with Gasteiger partial charge in [0.05, 0.1) is 0 Å². The molecule has 0 saturated heterocycles. The second kappa shape index (κ2) is 9.41. The lowest BCUT2D eigenvalue weighted by Crippen LogP contribution is -2.35. The molecule has 1 fully saturated rings. The molecule has 0 bridgehead atoms. The molecule has 1 aliphatic carbocycles. The van der Waals surface area contributed by atoms with Gasteiger partial charge in [-0.25, -0.2) is 0 Å². The van der Waals surface area contributed by atoms with Crippen LogP contribution in [0.4, 0.5) is 0 Å². The number of pyridine rings is 1. The molecule has 1 N–H and O–H groups in total. The average Bonchev–Trinajstić information content (AvgIpc) is 2.52. The minimum absolute atomic E-state index is 0.566. The standard InChI is InChI=1S/C17H28N2S/c1-2-11-18-16(13-15-8-6-7-12-19-15)14-20-17-9-4-3-5-10-17/h6-8,12,16-18H,2-5,9-11,13-14H2,1H3. The number of rotatable bonds is 8. The highest BCUT2D eigenvalue weighted by atomic mass is 32.2. The first-order chi connectivity index (χ1) is 9.88. The first-order valence-corrected chi connectivity index (χ1v) is 9.18. The van der Waals surface area contributed by atoms with E-state index in [1.54, 1.807) is 0 Å². The summed E-state index contributed by atoms with van der Waals surface area (Å²) in [4.78, 5) is 4.47. The fourth-order valence-electron chi connectivity index (χ4n) is 2.79. The Hall–Kier alpha value is -0.540. The maximum Gasteiger partial charge on any atom is 0.0419 e. The molecular formula is C17H28N2S. The molecule has 0 aliphatic heterocycles. The third-order valence-corrected chi connectivity index (χ3v) is 5.49. The van der Waals surface area contributed by atoms with Crippen molar-refractivity contribution in [3.05, 3.63) is 30.1 Å². The lowest BCUT2D eigenvalue weighted by atomic mass is 10.0. The van der Waals surface area contributed by atoms with Crippen molar-refractivity contribution in [3.63, 3.8) is 0 Å². The molecule has 0 radical (unpaired) electrons. The Kier molecular flexibility index (Phi) is 7.45. The maximum atomic E-state index is 4.47. The van der Waals surface area contributed by atoms with Gasteiger partial charge in [0.25, 0.3) is 0 Å². The Bertz CT molecular complexity index is 349. The van der Waals surface area contributed by atoms with Gasteiger partial charge in [-0.2, -0.15) is 11.8 Å². The van der Waals surface area contributed by atoms with Crippen molar-refractivity contribution in [2.75, 3.05) is 12.3 Å². The lowest BCUT2D eigenvalue weighted by Gasteiger charge is -2.24. The Morgan fingerprint density at radius 3 is 2.85 bits per heavy atom. The van der Waals surface area contributed by atoms with Gasteiger partial charge in [-0.3, -0.25) is 4.98 Å². The van der Waals surface area contributed by atoms with E-state index in [1.807, 2.05) is 12.3 Å². The number of aromatic nitrogens is 1. The molecule has 1 aromatic rings. The topological polar surface area (TPSA) is 24.9 Å². The second-order valence-corrected chi connectivity index (χ2v) is 7.10. The highest BCUT2D eigenvalue weighted by molar-refractivity contribution is 7.99. The van der Waals surface area contributed by atoms with Crippen LogP contribution >= 0.6 is 11.8 Å². The number of nitrogens with one attached hydrogen (secondary N) is 1. The Morgan fingerprint density at radius 2 is 2.15 bits per heavy atom. The number of thioether (sulfide) groups is 1. The number of hydrogen-bond acceptors (Lipinski definition) is 3. The molecule has 112 valence electrons. The van der Waals surface area contributed by atoms with Gasteiger partial charge < -0.3 is 5.32 Å². The predicted octanol–water partition coefficient (Wildman–Crippen LogP) is 4.06. The first kappa shape index (κ1) is 15.8. The Labute approximate surface area is 128 Å².